The van der Waals surface area contributed by atoms with E-state index in [0.717, 1.165) is 50.0 Å². The van der Waals surface area contributed by atoms with Crippen LogP contribution in [0, 0.1) is 16.7 Å². The molecule has 5 nitrogen and oxygen atoms in total. The predicted octanol–water partition coefficient (Wildman–Crippen LogP) is 13.2. The second-order valence-corrected chi connectivity index (χ2v) is 12.8. The molecule has 0 saturated heterocycles. The topological polar surface area (TPSA) is 71.7 Å². The lowest BCUT2D eigenvalue weighted by atomic mass is 9.84. The van der Waals surface area contributed by atoms with Crippen molar-refractivity contribution in [3.05, 3.63) is 11.6 Å². The minimum atomic E-state index is -0.0732. The lowest BCUT2D eigenvalue weighted by molar-refractivity contribution is -0.140. The number of hydrogen-bond donors (Lipinski definition) is 2. The van der Waals surface area contributed by atoms with E-state index in [4.69, 9.17) is 10.1 Å². The fraction of sp³-hybridized carbons (Fsp3) is 0.868. The van der Waals surface area contributed by atoms with Crippen molar-refractivity contribution in [1.29, 1.82) is 5.41 Å². The Morgan fingerprint density at radius 1 is 0.841 bits per heavy atom. The number of methoxy groups -OCH3 is 1. The van der Waals surface area contributed by atoms with Crippen molar-refractivity contribution in [2.24, 2.45) is 15.7 Å². The molecule has 0 spiro atoms. The van der Waals surface area contributed by atoms with Crippen LogP contribution in [0.15, 0.2) is 16.0 Å². The molecule has 1 unspecified atom stereocenters. The van der Waals surface area contributed by atoms with Gasteiger partial charge in [-0.05, 0) is 61.8 Å². The van der Waals surface area contributed by atoms with Gasteiger partial charge < -0.3 is 9.47 Å². The molecular weight excluding hydrogens is 564 g/mol. The number of carbonyl (C=O) groups is 1. The predicted molar refractivity (Wildman–Crippen MR) is 202 cm³/mol. The van der Waals surface area contributed by atoms with E-state index >= 15 is 0 Å². The van der Waals surface area contributed by atoms with Gasteiger partial charge in [0.15, 0.2) is 0 Å². The Kier molecular flexibility index (Phi) is 42.7. The van der Waals surface area contributed by atoms with Gasteiger partial charge in [-0.3, -0.25) is 10.2 Å². The van der Waals surface area contributed by atoms with Gasteiger partial charge >= 0.3 is 5.97 Å². The first-order valence-electron chi connectivity index (χ1n) is 18.2. The Bertz CT molecular complexity index is 684. The Morgan fingerprint density at radius 3 is 1.73 bits per heavy atom. The van der Waals surface area contributed by atoms with Crippen LogP contribution < -0.4 is 0 Å². The van der Waals surface area contributed by atoms with Crippen molar-refractivity contribution < 1.29 is 14.3 Å². The highest BCUT2D eigenvalue weighted by Gasteiger charge is 2.13. The van der Waals surface area contributed by atoms with Crippen LogP contribution >= 0.6 is 12.8 Å². The third-order valence-electron chi connectivity index (χ3n) is 7.04. The second kappa shape index (κ2) is 37.9. The summed E-state index contributed by atoms with van der Waals surface area (Å²) in [4.78, 5) is 10.8. The lowest BCUT2D eigenvalue weighted by Gasteiger charge is -2.21. The summed E-state index contributed by atoms with van der Waals surface area (Å²) in [7, 11) is 1.45. The smallest absolute Gasteiger partial charge is 0.305 e. The van der Waals surface area contributed by atoms with E-state index in [-0.39, 0.29) is 11.9 Å². The molecule has 0 aliphatic heterocycles. The SMILES string of the molecule is CC.CCC(C)CC(C)(C)C.CCC/C=C(CC)/C(=N/S)C(=N)OCCCCCC.CCCCCCCCCCC(=O)OC. The van der Waals surface area contributed by atoms with Crippen molar-refractivity contribution >= 4 is 30.4 Å². The summed E-state index contributed by atoms with van der Waals surface area (Å²) < 4.78 is 14.0. The van der Waals surface area contributed by atoms with Gasteiger partial charge in [0, 0.05) is 6.42 Å². The van der Waals surface area contributed by atoms with Gasteiger partial charge in [-0.2, -0.15) is 0 Å². The Labute approximate surface area is 282 Å². The van der Waals surface area contributed by atoms with Crippen molar-refractivity contribution in [3.63, 3.8) is 0 Å². The zero-order chi connectivity index (χ0) is 34.7. The maximum absolute atomic E-state index is 10.8. The van der Waals surface area contributed by atoms with E-state index < -0.39 is 0 Å². The van der Waals surface area contributed by atoms with E-state index in [9.17, 15) is 4.79 Å². The molecule has 0 aliphatic carbocycles. The molecule has 0 rings (SSSR count). The number of esters is 1. The number of unbranched alkanes of at least 4 members (excludes halogenated alkanes) is 11. The summed E-state index contributed by atoms with van der Waals surface area (Å²) >= 11 is 3.98. The van der Waals surface area contributed by atoms with E-state index in [1.165, 1.54) is 77.7 Å². The molecular formula is C38H78N2O3S. The summed E-state index contributed by atoms with van der Waals surface area (Å²) in [5, 5.41) is 7.95. The molecule has 0 heterocycles. The fourth-order valence-electron chi connectivity index (χ4n) is 4.45. The van der Waals surface area contributed by atoms with Crippen LogP contribution in [0.25, 0.3) is 0 Å². The van der Waals surface area contributed by atoms with Gasteiger partial charge in [0.25, 0.3) is 0 Å². The fourth-order valence-corrected chi connectivity index (χ4v) is 4.67. The average Bonchev–Trinajstić information content (AvgIpc) is 3.00. The van der Waals surface area contributed by atoms with Crippen molar-refractivity contribution in [2.75, 3.05) is 13.7 Å². The van der Waals surface area contributed by atoms with Crippen LogP contribution in [0.3, 0.4) is 0 Å². The molecule has 0 aromatic carbocycles. The first kappa shape index (κ1) is 49.6. The van der Waals surface area contributed by atoms with Crippen LogP contribution in [0.4, 0.5) is 0 Å². The number of nitrogens with zero attached hydrogens (tertiary/aromatic N) is 1. The van der Waals surface area contributed by atoms with Crippen LogP contribution in [0.5, 0.6) is 0 Å². The van der Waals surface area contributed by atoms with E-state index in [2.05, 4.69) is 90.3 Å². The third-order valence-corrected chi connectivity index (χ3v) is 7.24. The molecule has 0 radical (unpaired) electrons. The maximum atomic E-state index is 10.8. The van der Waals surface area contributed by atoms with E-state index in [1.807, 2.05) is 13.8 Å². The number of rotatable bonds is 21. The van der Waals surface area contributed by atoms with Crippen LogP contribution in [-0.4, -0.2) is 31.3 Å². The van der Waals surface area contributed by atoms with Gasteiger partial charge in [0.2, 0.25) is 5.90 Å². The Balaban J connectivity index is -0.000000281. The molecule has 0 amide bonds. The van der Waals surface area contributed by atoms with Crippen molar-refractivity contribution in [1.82, 2.24) is 0 Å². The molecule has 0 bridgehead atoms. The van der Waals surface area contributed by atoms with Gasteiger partial charge in [-0.1, -0.05) is 159 Å². The quantitative estimate of drug-likeness (QED) is 0.0430. The minimum absolute atomic E-state index is 0.0732. The van der Waals surface area contributed by atoms with Crippen LogP contribution in [-0.2, 0) is 14.3 Å². The van der Waals surface area contributed by atoms with Gasteiger partial charge in [0.1, 0.15) is 5.71 Å². The molecule has 0 aromatic rings. The summed E-state index contributed by atoms with van der Waals surface area (Å²) in [6, 6.07) is 0. The number of thiol groups is 1. The highest BCUT2D eigenvalue weighted by Crippen LogP contribution is 2.25. The Hall–Kier alpha value is -1.30. The molecule has 6 heteroatoms. The zero-order valence-electron chi connectivity index (χ0n) is 31.7. The third kappa shape index (κ3) is 38.7. The van der Waals surface area contributed by atoms with Gasteiger partial charge in [-0.15, -0.1) is 0 Å². The maximum Gasteiger partial charge on any atom is 0.305 e. The van der Waals surface area contributed by atoms with Crippen molar-refractivity contribution in [3.8, 4) is 0 Å². The van der Waals surface area contributed by atoms with Crippen molar-refractivity contribution in [2.45, 2.75) is 192 Å². The molecule has 44 heavy (non-hydrogen) atoms. The lowest BCUT2D eigenvalue weighted by Crippen LogP contribution is -2.19. The average molecular weight is 643 g/mol. The number of allylic oxidation sites excluding steroid dienone is 1. The standard InChI is InChI=1S/C15H28N2OS.C12H24O2.C9H20.C2H6/c1-4-7-9-10-12-18-15(16)14(17-19)13(6-3)11-8-5-2;1-3-4-5-6-7-8-9-10-11-12(13)14-2;1-6-8(2)7-9(3,4)5;1-2/h11,16,19H,4-10,12H2,1-3H3;3-11H2,1-2H3;8H,6-7H2,1-5H3;1-2H3/b13-11+,16-15?,17-14-;;;. The monoisotopic (exact) mass is 643 g/mol. The van der Waals surface area contributed by atoms with Gasteiger partial charge in [-0.25, -0.2) is 4.40 Å². The molecule has 0 aromatic heterocycles. The largest absolute Gasteiger partial charge is 0.477 e. The molecule has 1 N–H and O–H groups in total. The van der Waals surface area contributed by atoms with Crippen LogP contribution in [0.1, 0.15) is 192 Å². The van der Waals surface area contributed by atoms with Gasteiger partial charge in [0.05, 0.1) is 13.7 Å². The zero-order valence-corrected chi connectivity index (χ0v) is 32.6. The highest BCUT2D eigenvalue weighted by atomic mass is 32.1. The molecule has 0 fully saturated rings. The molecule has 0 aliphatic rings. The normalized spacial score (nSPS) is 12.0. The summed E-state index contributed by atoms with van der Waals surface area (Å²) in [5.74, 6) is 0.969. The number of ether oxygens (including phenoxy) is 2. The summed E-state index contributed by atoms with van der Waals surface area (Å²) in [6.07, 6.45) is 23.0. The highest BCUT2D eigenvalue weighted by molar-refractivity contribution is 7.79. The summed E-state index contributed by atoms with van der Waals surface area (Å²) in [6.45, 7) is 24.7. The minimum Gasteiger partial charge on any atom is -0.477 e. The van der Waals surface area contributed by atoms with E-state index in [0.29, 0.717) is 24.2 Å². The first-order valence-corrected chi connectivity index (χ1v) is 18.6. The van der Waals surface area contributed by atoms with E-state index in [1.54, 1.807) is 0 Å². The summed E-state index contributed by atoms with van der Waals surface area (Å²) in [5.41, 5.74) is 2.15. The number of hydrogen-bond acceptors (Lipinski definition) is 6. The molecule has 1 atom stereocenters. The number of carbonyl (C=O) groups excluding carboxylic acids is 1. The first-order chi connectivity index (χ1) is 21.0. The Morgan fingerprint density at radius 2 is 1.34 bits per heavy atom. The molecule has 0 saturated carbocycles. The number of nitrogens with one attached hydrogen (secondary N) is 1. The second-order valence-electron chi connectivity index (χ2n) is 12.6. The van der Waals surface area contributed by atoms with Crippen LogP contribution in [0.2, 0.25) is 0 Å². The molecule has 264 valence electrons.